The van der Waals surface area contributed by atoms with Gasteiger partial charge in [0.2, 0.25) is 0 Å². The van der Waals surface area contributed by atoms with Gasteiger partial charge in [0.15, 0.2) is 5.75 Å². The maximum absolute atomic E-state index is 13.2. The van der Waals surface area contributed by atoms with E-state index in [2.05, 4.69) is 28.0 Å². The first-order valence-electron chi connectivity index (χ1n) is 7.22. The Balaban J connectivity index is 2.02. The van der Waals surface area contributed by atoms with Crippen molar-refractivity contribution in [1.82, 2.24) is 9.78 Å². The summed E-state index contributed by atoms with van der Waals surface area (Å²) >= 11 is 3.54. The molecule has 0 fully saturated rings. The minimum atomic E-state index is -0.202. The van der Waals surface area contributed by atoms with Crippen LogP contribution in [0.3, 0.4) is 0 Å². The van der Waals surface area contributed by atoms with Gasteiger partial charge in [-0.1, -0.05) is 25.5 Å². The van der Waals surface area contributed by atoms with Gasteiger partial charge in [0.25, 0.3) is 0 Å². The van der Waals surface area contributed by atoms with Crippen molar-refractivity contribution in [2.75, 3.05) is 6.61 Å². The average Bonchev–Trinajstić information content (AvgIpc) is 2.73. The van der Waals surface area contributed by atoms with Crippen molar-refractivity contribution >= 4 is 15.9 Å². The number of ether oxygens (including phenoxy) is 1. The fraction of sp³-hybridized carbons (Fsp3) is 0.438. The molecule has 21 heavy (non-hydrogen) atoms. The second kappa shape index (κ2) is 7.59. The fourth-order valence-electron chi connectivity index (χ4n) is 2.10. The molecule has 1 aromatic heterocycles. The Morgan fingerprint density at radius 2 is 2.19 bits per heavy atom. The van der Waals surface area contributed by atoms with Crippen LogP contribution in [0.2, 0.25) is 0 Å². The van der Waals surface area contributed by atoms with Crippen molar-refractivity contribution < 1.29 is 9.13 Å². The molecule has 0 unspecified atom stereocenters. The van der Waals surface area contributed by atoms with Gasteiger partial charge < -0.3 is 4.74 Å². The summed E-state index contributed by atoms with van der Waals surface area (Å²) in [6.45, 7) is 5.45. The van der Waals surface area contributed by atoms with Crippen molar-refractivity contribution in [3.63, 3.8) is 0 Å². The van der Waals surface area contributed by atoms with Crippen LogP contribution in [0.4, 0.5) is 4.39 Å². The van der Waals surface area contributed by atoms with Gasteiger partial charge >= 0.3 is 0 Å². The van der Waals surface area contributed by atoms with E-state index in [1.165, 1.54) is 6.07 Å². The first-order valence-corrected chi connectivity index (χ1v) is 8.01. The number of aryl methyl sites for hydroxylation is 3. The topological polar surface area (TPSA) is 27.1 Å². The molecule has 0 saturated carbocycles. The molecule has 0 N–H and O–H groups in total. The number of benzene rings is 1. The number of unbranched alkanes of at least 4 members (excludes halogenated alkanes) is 1. The lowest BCUT2D eigenvalue weighted by Crippen LogP contribution is -2.04. The predicted octanol–water partition coefficient (Wildman–Crippen LogP) is 4.51. The van der Waals surface area contributed by atoms with Gasteiger partial charge in [0.1, 0.15) is 16.1 Å². The Bertz CT molecular complexity index is 598. The molecule has 0 aliphatic carbocycles. The highest BCUT2D eigenvalue weighted by Crippen LogP contribution is 2.29. The average molecular weight is 355 g/mol. The predicted molar refractivity (Wildman–Crippen MR) is 85.2 cm³/mol. The zero-order valence-electron chi connectivity index (χ0n) is 12.4. The third kappa shape index (κ3) is 4.30. The Morgan fingerprint density at radius 3 is 2.90 bits per heavy atom. The molecular formula is C16H20BrFN2O. The molecule has 0 aliphatic rings. The van der Waals surface area contributed by atoms with E-state index in [0.717, 1.165) is 40.9 Å². The highest BCUT2D eigenvalue weighted by molar-refractivity contribution is 9.10. The summed E-state index contributed by atoms with van der Waals surface area (Å²) in [7, 11) is 0. The van der Waals surface area contributed by atoms with Crippen LogP contribution in [0.15, 0.2) is 28.9 Å². The summed E-state index contributed by atoms with van der Waals surface area (Å²) in [6, 6.07) is 6.67. The first kappa shape index (κ1) is 16.0. The molecule has 2 rings (SSSR count). The maximum Gasteiger partial charge on any atom is 0.174 e. The third-order valence-corrected chi connectivity index (χ3v) is 4.03. The SMILES string of the molecule is CCCCOc1c(C)nn(CCc2cccc(F)c2)c1Br. The number of hydrogen-bond acceptors (Lipinski definition) is 2. The van der Waals surface area contributed by atoms with Gasteiger partial charge in [0.05, 0.1) is 6.61 Å². The molecular weight excluding hydrogens is 335 g/mol. The number of hydrogen-bond donors (Lipinski definition) is 0. The molecule has 0 amide bonds. The third-order valence-electron chi connectivity index (χ3n) is 3.26. The Morgan fingerprint density at radius 1 is 1.38 bits per heavy atom. The monoisotopic (exact) mass is 354 g/mol. The quantitative estimate of drug-likeness (QED) is 0.683. The number of aromatic nitrogens is 2. The minimum absolute atomic E-state index is 0.202. The second-order valence-corrected chi connectivity index (χ2v) is 5.76. The molecule has 0 aliphatic heterocycles. The van der Waals surface area contributed by atoms with E-state index in [1.807, 2.05) is 17.7 Å². The van der Waals surface area contributed by atoms with Crippen LogP contribution in [0.5, 0.6) is 5.75 Å². The first-order chi connectivity index (χ1) is 10.1. The molecule has 0 bridgehead atoms. The van der Waals surface area contributed by atoms with Crippen LogP contribution in [0, 0.1) is 12.7 Å². The normalized spacial score (nSPS) is 10.9. The Hall–Kier alpha value is -1.36. The summed E-state index contributed by atoms with van der Waals surface area (Å²) in [5.74, 6) is 0.606. The zero-order valence-corrected chi connectivity index (χ0v) is 14.0. The van der Waals surface area contributed by atoms with Gasteiger partial charge in [-0.3, -0.25) is 4.68 Å². The largest absolute Gasteiger partial charge is 0.489 e. The molecule has 1 heterocycles. The van der Waals surface area contributed by atoms with E-state index >= 15 is 0 Å². The van der Waals surface area contributed by atoms with Gasteiger partial charge in [-0.25, -0.2) is 4.39 Å². The number of rotatable bonds is 7. The van der Waals surface area contributed by atoms with Crippen LogP contribution in [-0.4, -0.2) is 16.4 Å². The Labute approximate surface area is 133 Å². The molecule has 114 valence electrons. The summed E-state index contributed by atoms with van der Waals surface area (Å²) < 4.78 is 21.6. The molecule has 5 heteroatoms. The van der Waals surface area contributed by atoms with Gasteiger partial charge in [-0.05, 0) is 53.4 Å². The van der Waals surface area contributed by atoms with E-state index < -0.39 is 0 Å². The smallest absolute Gasteiger partial charge is 0.174 e. The summed E-state index contributed by atoms with van der Waals surface area (Å²) in [6.07, 6.45) is 2.86. The summed E-state index contributed by atoms with van der Waals surface area (Å²) in [5, 5.41) is 4.48. The van der Waals surface area contributed by atoms with E-state index in [1.54, 1.807) is 12.1 Å². The number of nitrogens with zero attached hydrogens (tertiary/aromatic N) is 2. The van der Waals surface area contributed by atoms with Gasteiger partial charge in [-0.2, -0.15) is 5.10 Å². The van der Waals surface area contributed by atoms with Crippen LogP contribution in [-0.2, 0) is 13.0 Å². The van der Waals surface area contributed by atoms with Crippen LogP contribution in [0.1, 0.15) is 31.0 Å². The van der Waals surface area contributed by atoms with Crippen molar-refractivity contribution in [2.24, 2.45) is 0 Å². The molecule has 1 aromatic carbocycles. The van der Waals surface area contributed by atoms with Crippen molar-refractivity contribution in [2.45, 2.75) is 39.7 Å². The standard InChI is InChI=1S/C16H20BrFN2O/c1-3-4-10-21-15-12(2)19-20(16(15)17)9-8-13-6-5-7-14(18)11-13/h5-7,11H,3-4,8-10H2,1-2H3. The lowest BCUT2D eigenvalue weighted by Gasteiger charge is -2.06. The van der Waals surface area contributed by atoms with Crippen molar-refractivity contribution in [3.05, 3.63) is 45.9 Å². The van der Waals surface area contributed by atoms with E-state index in [9.17, 15) is 4.39 Å². The summed E-state index contributed by atoms with van der Waals surface area (Å²) in [4.78, 5) is 0. The number of halogens is 2. The molecule has 2 aromatic rings. The van der Waals surface area contributed by atoms with E-state index in [-0.39, 0.29) is 5.82 Å². The lowest BCUT2D eigenvalue weighted by molar-refractivity contribution is 0.305. The van der Waals surface area contributed by atoms with Gasteiger partial charge in [0, 0.05) is 6.54 Å². The fourth-order valence-corrected chi connectivity index (χ4v) is 2.75. The van der Waals surface area contributed by atoms with Crippen LogP contribution in [0.25, 0.3) is 0 Å². The van der Waals surface area contributed by atoms with E-state index in [4.69, 9.17) is 4.74 Å². The van der Waals surface area contributed by atoms with Crippen molar-refractivity contribution in [1.29, 1.82) is 0 Å². The van der Waals surface area contributed by atoms with Crippen LogP contribution < -0.4 is 4.74 Å². The summed E-state index contributed by atoms with van der Waals surface area (Å²) in [5.41, 5.74) is 1.83. The van der Waals surface area contributed by atoms with Crippen LogP contribution >= 0.6 is 15.9 Å². The molecule has 0 saturated heterocycles. The highest BCUT2D eigenvalue weighted by Gasteiger charge is 2.14. The highest BCUT2D eigenvalue weighted by atomic mass is 79.9. The molecule has 3 nitrogen and oxygen atoms in total. The lowest BCUT2D eigenvalue weighted by atomic mass is 10.1. The second-order valence-electron chi connectivity index (χ2n) is 5.01. The Kier molecular flexibility index (Phi) is 5.79. The van der Waals surface area contributed by atoms with E-state index in [0.29, 0.717) is 13.2 Å². The van der Waals surface area contributed by atoms with Crippen molar-refractivity contribution in [3.8, 4) is 5.75 Å². The molecule has 0 spiro atoms. The molecule has 0 atom stereocenters. The maximum atomic E-state index is 13.2. The molecule has 0 radical (unpaired) electrons. The minimum Gasteiger partial charge on any atom is -0.489 e. The zero-order chi connectivity index (χ0) is 15.2. The van der Waals surface area contributed by atoms with Gasteiger partial charge in [-0.15, -0.1) is 0 Å².